The molecule has 34 heavy (non-hydrogen) atoms. The van der Waals surface area contributed by atoms with Crippen molar-refractivity contribution in [1.82, 2.24) is 14.7 Å². The van der Waals surface area contributed by atoms with Crippen molar-refractivity contribution in [2.45, 2.75) is 43.3 Å². The molecule has 0 N–H and O–H groups in total. The fraction of sp³-hybridized carbons (Fsp3) is 0.519. The Morgan fingerprint density at radius 3 is 2.29 bits per heavy atom. The van der Waals surface area contributed by atoms with Gasteiger partial charge in [0, 0.05) is 32.8 Å². The van der Waals surface area contributed by atoms with Gasteiger partial charge in [-0.2, -0.15) is 0 Å². The van der Waals surface area contributed by atoms with Crippen LogP contribution in [0.3, 0.4) is 0 Å². The van der Waals surface area contributed by atoms with Gasteiger partial charge in [-0.05, 0) is 75.2 Å². The molecule has 0 unspecified atom stereocenters. The number of hydrogen-bond acceptors (Lipinski definition) is 5. The number of likely N-dealkylation sites (N-methyl/N-ethyl adjacent to an activating group) is 1. The molecule has 1 aliphatic carbocycles. The van der Waals surface area contributed by atoms with Gasteiger partial charge in [-0.3, -0.25) is 4.90 Å². The van der Waals surface area contributed by atoms with Crippen molar-refractivity contribution < 1.29 is 19.0 Å². The second-order valence-corrected chi connectivity index (χ2v) is 9.77. The van der Waals surface area contributed by atoms with Crippen LogP contribution >= 0.6 is 0 Å². The van der Waals surface area contributed by atoms with E-state index in [-0.39, 0.29) is 23.9 Å². The van der Waals surface area contributed by atoms with Crippen molar-refractivity contribution in [3.05, 3.63) is 59.7 Å². The number of carbonyl (C=O) groups is 1. The fourth-order valence-electron chi connectivity index (χ4n) is 5.64. The van der Waals surface area contributed by atoms with Gasteiger partial charge >= 0.3 is 6.03 Å². The van der Waals surface area contributed by atoms with Crippen LogP contribution in [-0.2, 0) is 16.8 Å². The molecule has 0 atom stereocenters. The van der Waals surface area contributed by atoms with E-state index < -0.39 is 0 Å². The molecule has 1 heterocycles. The molecule has 1 aliphatic heterocycles. The van der Waals surface area contributed by atoms with E-state index in [2.05, 4.69) is 37.2 Å². The first-order valence-corrected chi connectivity index (χ1v) is 11.9. The molecule has 2 amide bonds. The lowest BCUT2D eigenvalue weighted by Gasteiger charge is -2.50. The third-order valence-corrected chi connectivity index (χ3v) is 7.87. The monoisotopic (exact) mass is 467 g/mol. The Kier molecular flexibility index (Phi) is 7.05. The molecule has 2 aliphatic rings. The van der Waals surface area contributed by atoms with Crippen LogP contribution < -0.4 is 9.47 Å². The molecule has 1 saturated carbocycles. The third kappa shape index (κ3) is 4.46. The minimum absolute atomic E-state index is 0.0923. The second-order valence-electron chi connectivity index (χ2n) is 9.77. The summed E-state index contributed by atoms with van der Waals surface area (Å²) in [7, 11) is 9.57. The van der Waals surface area contributed by atoms with Crippen molar-refractivity contribution >= 4 is 6.03 Å². The summed E-state index contributed by atoms with van der Waals surface area (Å²) in [5.41, 5.74) is 2.15. The van der Waals surface area contributed by atoms with Crippen molar-refractivity contribution in [2.24, 2.45) is 0 Å². The van der Waals surface area contributed by atoms with Gasteiger partial charge in [-0.25, -0.2) is 4.79 Å². The minimum Gasteiger partial charge on any atom is -0.497 e. The van der Waals surface area contributed by atoms with E-state index >= 15 is 0 Å². The quantitative estimate of drug-likeness (QED) is 0.542. The van der Waals surface area contributed by atoms with E-state index in [1.165, 1.54) is 5.56 Å². The van der Waals surface area contributed by atoms with E-state index in [4.69, 9.17) is 14.2 Å². The van der Waals surface area contributed by atoms with Gasteiger partial charge in [0.15, 0.2) is 6.79 Å². The van der Waals surface area contributed by atoms with Gasteiger partial charge in [0.25, 0.3) is 0 Å². The Labute approximate surface area is 203 Å². The standard InChI is InChI=1S/C27H37N3O4/c1-28(2)27(22-7-6-8-24(17-22)34-20-32-4)15-13-26(14-16-27)19-30(25(31)29(26)3)18-21-9-11-23(33-5)12-10-21/h6-12,17H,13-16,18-20H2,1-5H3/t26-,27+. The molecule has 184 valence electrons. The largest absolute Gasteiger partial charge is 0.497 e. The number of amides is 2. The predicted octanol–water partition coefficient (Wildman–Crippen LogP) is 4.32. The molecular weight excluding hydrogens is 430 g/mol. The summed E-state index contributed by atoms with van der Waals surface area (Å²) in [5, 5.41) is 0. The molecule has 2 aromatic rings. The number of urea groups is 1. The number of ether oxygens (including phenoxy) is 3. The molecule has 1 saturated heterocycles. The Morgan fingerprint density at radius 2 is 1.68 bits per heavy atom. The molecule has 1 spiro atoms. The highest BCUT2D eigenvalue weighted by molar-refractivity contribution is 5.78. The van der Waals surface area contributed by atoms with Crippen LogP contribution in [0.15, 0.2) is 48.5 Å². The topological polar surface area (TPSA) is 54.5 Å². The SMILES string of the molecule is COCOc1cccc([C@]2(N(C)C)CC[C@@]3(CC2)CN(Cc2ccc(OC)cc2)C(=O)N3C)c1. The average Bonchev–Trinajstić information content (AvgIpc) is 3.08. The van der Waals surface area contributed by atoms with Gasteiger partial charge in [-0.1, -0.05) is 24.3 Å². The molecule has 7 heteroatoms. The van der Waals surface area contributed by atoms with Crippen LogP contribution in [-0.4, -0.2) is 75.0 Å². The smallest absolute Gasteiger partial charge is 0.320 e. The summed E-state index contributed by atoms with van der Waals surface area (Å²) < 4.78 is 16.0. The van der Waals surface area contributed by atoms with Gasteiger partial charge < -0.3 is 24.0 Å². The highest BCUT2D eigenvalue weighted by Gasteiger charge is 2.53. The molecule has 0 aromatic heterocycles. The number of carbonyl (C=O) groups excluding carboxylic acids is 1. The zero-order valence-corrected chi connectivity index (χ0v) is 21.0. The predicted molar refractivity (Wildman–Crippen MR) is 132 cm³/mol. The first-order valence-electron chi connectivity index (χ1n) is 11.9. The van der Waals surface area contributed by atoms with Gasteiger partial charge in [-0.15, -0.1) is 0 Å². The minimum atomic E-state index is -0.132. The summed E-state index contributed by atoms with van der Waals surface area (Å²) in [5.74, 6) is 1.65. The maximum atomic E-state index is 13.2. The molecule has 2 aromatic carbocycles. The molecule has 7 nitrogen and oxygen atoms in total. The van der Waals surface area contributed by atoms with Crippen LogP contribution in [0.5, 0.6) is 11.5 Å². The van der Waals surface area contributed by atoms with Crippen LogP contribution in [0.1, 0.15) is 36.8 Å². The summed E-state index contributed by atoms with van der Waals surface area (Å²) in [4.78, 5) is 19.5. The number of nitrogens with zero attached hydrogens (tertiary/aromatic N) is 3. The lowest BCUT2D eigenvalue weighted by atomic mass is 9.68. The summed E-state index contributed by atoms with van der Waals surface area (Å²) >= 11 is 0. The number of benzene rings is 2. The first kappa shape index (κ1) is 24.4. The van der Waals surface area contributed by atoms with E-state index in [9.17, 15) is 4.79 Å². The second kappa shape index (κ2) is 9.84. The maximum Gasteiger partial charge on any atom is 0.320 e. The third-order valence-electron chi connectivity index (χ3n) is 7.87. The van der Waals surface area contributed by atoms with E-state index in [1.54, 1.807) is 14.2 Å². The number of rotatable bonds is 8. The van der Waals surface area contributed by atoms with E-state index in [1.807, 2.05) is 47.2 Å². The lowest BCUT2D eigenvalue weighted by molar-refractivity contribution is 0.0308. The average molecular weight is 468 g/mol. The molecule has 0 radical (unpaired) electrons. The first-order chi connectivity index (χ1) is 16.3. The highest BCUT2D eigenvalue weighted by Crippen LogP contribution is 2.49. The normalized spacial score (nSPS) is 24.8. The Hall–Kier alpha value is -2.77. The van der Waals surface area contributed by atoms with Crippen LogP contribution in [0.2, 0.25) is 0 Å². The van der Waals surface area contributed by atoms with Gasteiger partial charge in [0.2, 0.25) is 0 Å². The summed E-state index contributed by atoms with van der Waals surface area (Å²) in [6, 6.07) is 16.4. The van der Waals surface area contributed by atoms with Crippen molar-refractivity contribution in [3.8, 4) is 11.5 Å². The lowest BCUT2D eigenvalue weighted by Crippen LogP contribution is -2.54. The summed E-state index contributed by atoms with van der Waals surface area (Å²) in [6.07, 6.45) is 3.86. The van der Waals surface area contributed by atoms with E-state index in [0.717, 1.165) is 49.3 Å². The Morgan fingerprint density at radius 1 is 0.971 bits per heavy atom. The zero-order chi connectivity index (χ0) is 24.3. The highest BCUT2D eigenvalue weighted by atomic mass is 16.7. The van der Waals surface area contributed by atoms with Crippen molar-refractivity contribution in [3.63, 3.8) is 0 Å². The Balaban J connectivity index is 1.50. The number of methoxy groups -OCH3 is 2. The molecular formula is C27H37N3O4. The van der Waals surface area contributed by atoms with Crippen LogP contribution in [0, 0.1) is 0 Å². The Bertz CT molecular complexity index is 984. The molecule has 0 bridgehead atoms. The fourth-order valence-corrected chi connectivity index (χ4v) is 5.64. The van der Waals surface area contributed by atoms with Crippen LogP contribution in [0.4, 0.5) is 4.79 Å². The zero-order valence-electron chi connectivity index (χ0n) is 21.0. The van der Waals surface area contributed by atoms with Crippen molar-refractivity contribution in [2.75, 3.05) is 48.7 Å². The molecule has 4 rings (SSSR count). The van der Waals surface area contributed by atoms with Gasteiger partial charge in [0.05, 0.1) is 12.6 Å². The van der Waals surface area contributed by atoms with Crippen LogP contribution in [0.25, 0.3) is 0 Å². The van der Waals surface area contributed by atoms with Crippen molar-refractivity contribution in [1.29, 1.82) is 0 Å². The van der Waals surface area contributed by atoms with Gasteiger partial charge in [0.1, 0.15) is 11.5 Å². The molecule has 2 fully saturated rings. The van der Waals surface area contributed by atoms with E-state index in [0.29, 0.717) is 6.54 Å². The number of hydrogen-bond donors (Lipinski definition) is 0. The summed E-state index contributed by atoms with van der Waals surface area (Å²) in [6.45, 7) is 1.61. The maximum absolute atomic E-state index is 13.2.